The Kier molecular flexibility index (Phi) is 4.08. The Hall–Kier alpha value is -2.18. The monoisotopic (exact) mass is 342 g/mol. The van der Waals surface area contributed by atoms with Crippen LogP contribution in [-0.2, 0) is 11.3 Å². The Bertz CT molecular complexity index is 837. The first-order valence-electron chi connectivity index (χ1n) is 8.00. The van der Waals surface area contributed by atoms with Crippen molar-refractivity contribution in [2.24, 2.45) is 0 Å². The van der Waals surface area contributed by atoms with Crippen LogP contribution >= 0.6 is 11.3 Å². The minimum absolute atomic E-state index is 0.276. The van der Waals surface area contributed by atoms with Gasteiger partial charge in [0.05, 0.1) is 36.2 Å². The van der Waals surface area contributed by atoms with Crippen LogP contribution in [-0.4, -0.2) is 29.5 Å². The number of esters is 1. The van der Waals surface area contributed by atoms with E-state index in [1.807, 2.05) is 12.1 Å². The van der Waals surface area contributed by atoms with E-state index in [1.165, 1.54) is 11.8 Å². The van der Waals surface area contributed by atoms with Crippen LogP contribution in [0.25, 0.3) is 10.2 Å². The summed E-state index contributed by atoms with van der Waals surface area (Å²) < 4.78 is 11.6. The third-order valence-corrected chi connectivity index (χ3v) is 5.59. The van der Waals surface area contributed by atoms with Gasteiger partial charge in [-0.05, 0) is 37.6 Å². The van der Waals surface area contributed by atoms with Crippen LogP contribution < -0.4 is 0 Å². The van der Waals surface area contributed by atoms with Crippen molar-refractivity contribution < 1.29 is 13.9 Å². The molecule has 1 aromatic carbocycles. The lowest BCUT2D eigenvalue weighted by atomic mass is 10.2. The Morgan fingerprint density at radius 2 is 2.29 bits per heavy atom. The van der Waals surface area contributed by atoms with Gasteiger partial charge in [0.25, 0.3) is 0 Å². The van der Waals surface area contributed by atoms with E-state index in [1.54, 1.807) is 23.7 Å². The molecule has 124 valence electrons. The normalized spacial score (nSPS) is 18.3. The average Bonchev–Trinajstić information content (AvgIpc) is 3.33. The molecule has 0 saturated carbocycles. The second-order valence-electron chi connectivity index (χ2n) is 5.90. The molecule has 1 unspecified atom stereocenters. The molecule has 0 N–H and O–H groups in total. The highest BCUT2D eigenvalue weighted by Crippen LogP contribution is 2.37. The molecule has 3 heterocycles. The van der Waals surface area contributed by atoms with Crippen molar-refractivity contribution in [1.29, 1.82) is 0 Å². The lowest BCUT2D eigenvalue weighted by molar-refractivity contribution is 0.0596. The second-order valence-corrected chi connectivity index (χ2v) is 6.96. The third kappa shape index (κ3) is 2.72. The van der Waals surface area contributed by atoms with Crippen molar-refractivity contribution in [1.82, 2.24) is 9.88 Å². The molecule has 6 heteroatoms. The van der Waals surface area contributed by atoms with Gasteiger partial charge < -0.3 is 9.15 Å². The van der Waals surface area contributed by atoms with E-state index in [0.717, 1.165) is 29.9 Å². The zero-order valence-corrected chi connectivity index (χ0v) is 14.2. The summed E-state index contributed by atoms with van der Waals surface area (Å²) in [4.78, 5) is 19.0. The molecule has 0 aliphatic carbocycles. The molecular weight excluding hydrogens is 324 g/mol. The zero-order chi connectivity index (χ0) is 16.5. The first kappa shape index (κ1) is 15.4. The number of aromatic nitrogens is 1. The molecule has 1 saturated heterocycles. The second kappa shape index (κ2) is 6.37. The lowest BCUT2D eigenvalue weighted by Gasteiger charge is -2.21. The lowest BCUT2D eigenvalue weighted by Crippen LogP contribution is -2.23. The first-order valence-corrected chi connectivity index (χ1v) is 8.82. The van der Waals surface area contributed by atoms with Gasteiger partial charge in [0.2, 0.25) is 0 Å². The number of nitrogens with zero attached hydrogens (tertiary/aromatic N) is 2. The number of hydrogen-bond acceptors (Lipinski definition) is 6. The van der Waals surface area contributed by atoms with Crippen LogP contribution in [0.4, 0.5) is 0 Å². The van der Waals surface area contributed by atoms with E-state index in [2.05, 4.69) is 17.0 Å². The maximum atomic E-state index is 11.8. The number of hydrogen-bond donors (Lipinski definition) is 0. The summed E-state index contributed by atoms with van der Waals surface area (Å²) in [5.41, 5.74) is 1.56. The highest BCUT2D eigenvalue weighted by molar-refractivity contribution is 7.18. The van der Waals surface area contributed by atoms with Crippen molar-refractivity contribution in [3.63, 3.8) is 0 Å². The molecule has 5 nitrogen and oxygen atoms in total. The van der Waals surface area contributed by atoms with Crippen molar-refractivity contribution in [3.05, 3.63) is 52.9 Å². The molecule has 4 rings (SSSR count). The largest absolute Gasteiger partial charge is 0.467 e. The molecule has 1 aliphatic rings. The van der Waals surface area contributed by atoms with Gasteiger partial charge in [0.1, 0.15) is 16.3 Å². The third-order valence-electron chi connectivity index (χ3n) is 4.46. The fraction of sp³-hybridized carbons (Fsp3) is 0.333. The number of carbonyl (C=O) groups excluding carboxylic acids is 1. The van der Waals surface area contributed by atoms with Gasteiger partial charge in [0.15, 0.2) is 0 Å². The molecule has 2 aromatic heterocycles. The van der Waals surface area contributed by atoms with E-state index >= 15 is 0 Å². The fourth-order valence-electron chi connectivity index (χ4n) is 3.27. The number of carbonyl (C=O) groups is 1. The summed E-state index contributed by atoms with van der Waals surface area (Å²) >= 11 is 1.75. The maximum Gasteiger partial charge on any atom is 0.341 e. The van der Waals surface area contributed by atoms with Crippen LogP contribution in [0.15, 0.2) is 41.0 Å². The Morgan fingerprint density at radius 3 is 3.12 bits per heavy atom. The summed E-state index contributed by atoms with van der Waals surface area (Å²) in [6, 6.07) is 10.2. The highest BCUT2D eigenvalue weighted by Gasteiger charge is 2.30. The number of furan rings is 1. The minimum Gasteiger partial charge on any atom is -0.467 e. The summed E-state index contributed by atoms with van der Waals surface area (Å²) in [5.74, 6) is 0.310. The van der Waals surface area contributed by atoms with Crippen LogP contribution in [0, 0.1) is 0 Å². The topological polar surface area (TPSA) is 55.6 Å². The summed E-state index contributed by atoms with van der Waals surface area (Å²) in [5, 5.41) is 1.14. The average molecular weight is 342 g/mol. The molecule has 24 heavy (non-hydrogen) atoms. The van der Waals surface area contributed by atoms with Gasteiger partial charge in [0, 0.05) is 0 Å². The molecule has 1 fully saturated rings. The Labute approximate surface area is 143 Å². The number of thiazole rings is 1. The maximum absolute atomic E-state index is 11.8. The molecule has 1 aliphatic heterocycles. The van der Waals surface area contributed by atoms with Crippen molar-refractivity contribution in [2.75, 3.05) is 13.7 Å². The van der Waals surface area contributed by atoms with Gasteiger partial charge in [-0.25, -0.2) is 9.78 Å². The van der Waals surface area contributed by atoms with E-state index in [0.29, 0.717) is 17.9 Å². The molecule has 0 amide bonds. The molecule has 1 atom stereocenters. The van der Waals surface area contributed by atoms with E-state index in [-0.39, 0.29) is 12.0 Å². The molecule has 0 spiro atoms. The Morgan fingerprint density at radius 1 is 1.42 bits per heavy atom. The number of benzene rings is 1. The van der Waals surface area contributed by atoms with Crippen LogP contribution in [0.5, 0.6) is 0 Å². The number of ether oxygens (including phenoxy) is 1. The summed E-state index contributed by atoms with van der Waals surface area (Å²) in [6.45, 7) is 1.57. The summed E-state index contributed by atoms with van der Waals surface area (Å²) in [7, 11) is 1.39. The molecule has 3 aromatic rings. The van der Waals surface area contributed by atoms with Crippen molar-refractivity contribution in [3.8, 4) is 0 Å². The predicted octanol–water partition coefficient (Wildman–Crippen LogP) is 4.01. The predicted molar refractivity (Wildman–Crippen MR) is 92.1 cm³/mol. The molecule has 0 radical (unpaired) electrons. The van der Waals surface area contributed by atoms with Gasteiger partial charge in [-0.3, -0.25) is 4.90 Å². The molecular formula is C18H18N2O3S. The number of fused-ring (bicyclic) bond motifs is 1. The smallest absolute Gasteiger partial charge is 0.341 e. The highest BCUT2D eigenvalue weighted by atomic mass is 32.1. The fourth-order valence-corrected chi connectivity index (χ4v) is 4.40. The standard InChI is InChI=1S/C18H18N2O3S/c1-22-18(21)12-8-10-23-15(12)11-20-9-4-6-14(20)17-19-13-5-2-3-7-16(13)24-17/h2-3,5,7-8,10,14H,4,6,9,11H2,1H3. The van der Waals surface area contributed by atoms with Gasteiger partial charge in [-0.1, -0.05) is 12.1 Å². The number of rotatable bonds is 4. The van der Waals surface area contributed by atoms with E-state index < -0.39 is 0 Å². The first-order chi connectivity index (χ1) is 11.8. The zero-order valence-electron chi connectivity index (χ0n) is 13.4. The summed E-state index contributed by atoms with van der Waals surface area (Å²) in [6.07, 6.45) is 3.74. The van der Waals surface area contributed by atoms with Crippen molar-refractivity contribution in [2.45, 2.75) is 25.4 Å². The van der Waals surface area contributed by atoms with E-state index in [9.17, 15) is 4.79 Å². The van der Waals surface area contributed by atoms with E-state index in [4.69, 9.17) is 14.1 Å². The number of methoxy groups -OCH3 is 1. The Balaban J connectivity index is 1.59. The minimum atomic E-state index is -0.352. The van der Waals surface area contributed by atoms with Crippen LogP contribution in [0.1, 0.15) is 40.0 Å². The van der Waals surface area contributed by atoms with Crippen LogP contribution in [0.2, 0.25) is 0 Å². The van der Waals surface area contributed by atoms with Gasteiger partial charge in [-0.15, -0.1) is 11.3 Å². The molecule has 0 bridgehead atoms. The van der Waals surface area contributed by atoms with Gasteiger partial charge >= 0.3 is 5.97 Å². The van der Waals surface area contributed by atoms with Crippen molar-refractivity contribution >= 4 is 27.5 Å². The van der Waals surface area contributed by atoms with Gasteiger partial charge in [-0.2, -0.15) is 0 Å². The number of likely N-dealkylation sites (tertiary alicyclic amines) is 1. The SMILES string of the molecule is COC(=O)c1ccoc1CN1CCCC1c1nc2ccccc2s1. The van der Waals surface area contributed by atoms with Crippen LogP contribution in [0.3, 0.4) is 0 Å². The quantitative estimate of drug-likeness (QED) is 0.671. The number of para-hydroxylation sites is 1.